The van der Waals surface area contributed by atoms with E-state index in [0.717, 1.165) is 31.5 Å². The molecule has 1 aliphatic heterocycles. The average molecular weight is 262 g/mol. The van der Waals surface area contributed by atoms with Crippen LogP contribution in [0.25, 0.3) is 0 Å². The summed E-state index contributed by atoms with van der Waals surface area (Å²) in [5, 5.41) is 12.9. The van der Waals surface area contributed by atoms with Crippen molar-refractivity contribution in [1.29, 1.82) is 0 Å². The van der Waals surface area contributed by atoms with E-state index in [9.17, 15) is 9.90 Å². The lowest BCUT2D eigenvalue weighted by Gasteiger charge is -2.35. The minimum Gasteiger partial charge on any atom is -0.508 e. The molecule has 104 valence electrons. The number of carbonyl (C=O) groups excluding carboxylic acids is 1. The molecule has 19 heavy (non-hydrogen) atoms. The van der Waals surface area contributed by atoms with Gasteiger partial charge < -0.3 is 15.3 Å². The summed E-state index contributed by atoms with van der Waals surface area (Å²) in [5.41, 5.74) is 1.37. The third-order valence-electron chi connectivity index (χ3n) is 3.78. The van der Waals surface area contributed by atoms with Gasteiger partial charge >= 0.3 is 0 Å². The van der Waals surface area contributed by atoms with Gasteiger partial charge in [-0.25, -0.2) is 0 Å². The van der Waals surface area contributed by atoms with Gasteiger partial charge in [0, 0.05) is 24.7 Å². The molecule has 2 rings (SSSR count). The van der Waals surface area contributed by atoms with Gasteiger partial charge in [-0.3, -0.25) is 4.79 Å². The van der Waals surface area contributed by atoms with Gasteiger partial charge in [-0.2, -0.15) is 0 Å². The molecule has 0 radical (unpaired) electrons. The molecular weight excluding hydrogens is 240 g/mol. The SMILES string of the molecule is CNCC1CCCCN1C(=O)c1ccc(C)c(O)c1. The number of nitrogens with one attached hydrogen (secondary N) is 1. The number of amides is 1. The zero-order valence-electron chi connectivity index (χ0n) is 11.6. The Kier molecular flexibility index (Phi) is 4.43. The molecule has 1 atom stereocenters. The van der Waals surface area contributed by atoms with E-state index < -0.39 is 0 Å². The quantitative estimate of drug-likeness (QED) is 0.875. The van der Waals surface area contributed by atoms with Crippen LogP contribution in [-0.4, -0.2) is 42.1 Å². The van der Waals surface area contributed by atoms with E-state index in [1.807, 2.05) is 18.9 Å². The molecule has 0 aliphatic carbocycles. The highest BCUT2D eigenvalue weighted by atomic mass is 16.3. The smallest absolute Gasteiger partial charge is 0.254 e. The number of rotatable bonds is 3. The van der Waals surface area contributed by atoms with Gasteiger partial charge in [0.25, 0.3) is 5.91 Å². The first-order chi connectivity index (χ1) is 9.13. The number of phenols is 1. The Morgan fingerprint density at radius 3 is 2.95 bits per heavy atom. The first kappa shape index (κ1) is 13.9. The topological polar surface area (TPSA) is 52.6 Å². The fourth-order valence-corrected chi connectivity index (χ4v) is 2.62. The van der Waals surface area contributed by atoms with Gasteiger partial charge in [-0.15, -0.1) is 0 Å². The molecule has 1 aliphatic rings. The predicted octanol–water partition coefficient (Wildman–Crippen LogP) is 1.91. The maximum absolute atomic E-state index is 12.5. The van der Waals surface area contributed by atoms with E-state index in [1.165, 1.54) is 6.42 Å². The lowest BCUT2D eigenvalue weighted by molar-refractivity contribution is 0.0614. The second kappa shape index (κ2) is 6.06. The molecular formula is C15H22N2O2. The first-order valence-corrected chi connectivity index (χ1v) is 6.88. The number of piperidine rings is 1. The van der Waals surface area contributed by atoms with E-state index in [4.69, 9.17) is 0 Å². The lowest BCUT2D eigenvalue weighted by Crippen LogP contribution is -2.48. The van der Waals surface area contributed by atoms with Crippen LogP contribution < -0.4 is 5.32 Å². The summed E-state index contributed by atoms with van der Waals surface area (Å²) in [7, 11) is 1.91. The number of phenolic OH excluding ortho intramolecular Hbond substituents is 1. The summed E-state index contributed by atoms with van der Waals surface area (Å²) in [6, 6.07) is 5.42. The molecule has 0 saturated carbocycles. The van der Waals surface area contributed by atoms with E-state index in [2.05, 4.69) is 5.32 Å². The van der Waals surface area contributed by atoms with Gasteiger partial charge in [-0.05, 0) is 50.9 Å². The van der Waals surface area contributed by atoms with Crippen LogP contribution in [-0.2, 0) is 0 Å². The summed E-state index contributed by atoms with van der Waals surface area (Å²) < 4.78 is 0. The van der Waals surface area contributed by atoms with Crippen LogP contribution in [0.4, 0.5) is 0 Å². The number of likely N-dealkylation sites (N-methyl/N-ethyl adjacent to an activating group) is 1. The zero-order chi connectivity index (χ0) is 13.8. The minimum atomic E-state index is 0.0234. The highest BCUT2D eigenvalue weighted by Gasteiger charge is 2.27. The molecule has 4 heteroatoms. The number of benzene rings is 1. The van der Waals surface area contributed by atoms with Crippen LogP contribution in [0.3, 0.4) is 0 Å². The Hall–Kier alpha value is -1.55. The number of aromatic hydroxyl groups is 1. The Bertz CT molecular complexity index is 457. The van der Waals surface area contributed by atoms with Crippen LogP contribution in [0.5, 0.6) is 5.75 Å². The van der Waals surface area contributed by atoms with Gasteiger partial charge in [0.15, 0.2) is 0 Å². The van der Waals surface area contributed by atoms with Crippen molar-refractivity contribution in [3.8, 4) is 5.75 Å². The van der Waals surface area contributed by atoms with Crippen molar-refractivity contribution in [3.05, 3.63) is 29.3 Å². The van der Waals surface area contributed by atoms with E-state index in [1.54, 1.807) is 18.2 Å². The van der Waals surface area contributed by atoms with Crippen molar-refractivity contribution in [2.24, 2.45) is 0 Å². The van der Waals surface area contributed by atoms with Crippen LogP contribution in [0.2, 0.25) is 0 Å². The van der Waals surface area contributed by atoms with Gasteiger partial charge in [0.05, 0.1) is 0 Å². The molecule has 0 spiro atoms. The van der Waals surface area contributed by atoms with Crippen molar-refractivity contribution in [2.75, 3.05) is 20.1 Å². The first-order valence-electron chi connectivity index (χ1n) is 6.88. The summed E-state index contributed by atoms with van der Waals surface area (Å²) in [6.45, 7) is 3.46. The number of aryl methyl sites for hydroxylation is 1. The van der Waals surface area contributed by atoms with Crippen LogP contribution in [0.15, 0.2) is 18.2 Å². The predicted molar refractivity (Wildman–Crippen MR) is 75.4 cm³/mol. The van der Waals surface area contributed by atoms with E-state index in [-0.39, 0.29) is 17.7 Å². The molecule has 1 heterocycles. The van der Waals surface area contributed by atoms with Crippen LogP contribution in [0, 0.1) is 6.92 Å². The number of hydrogen-bond acceptors (Lipinski definition) is 3. The number of nitrogens with zero attached hydrogens (tertiary/aromatic N) is 1. The molecule has 2 N–H and O–H groups in total. The molecule has 1 aromatic rings. The van der Waals surface area contributed by atoms with Crippen LogP contribution in [0.1, 0.15) is 35.2 Å². The normalized spacial score (nSPS) is 19.5. The summed E-state index contributed by atoms with van der Waals surface area (Å²) in [5.74, 6) is 0.211. The number of hydrogen-bond donors (Lipinski definition) is 2. The van der Waals surface area contributed by atoms with Crippen molar-refractivity contribution < 1.29 is 9.90 Å². The molecule has 1 fully saturated rings. The third kappa shape index (κ3) is 3.07. The number of likely N-dealkylation sites (tertiary alicyclic amines) is 1. The van der Waals surface area contributed by atoms with E-state index in [0.29, 0.717) is 5.56 Å². The highest BCUT2D eigenvalue weighted by Crippen LogP contribution is 2.22. The highest BCUT2D eigenvalue weighted by molar-refractivity contribution is 5.95. The third-order valence-corrected chi connectivity index (χ3v) is 3.78. The molecule has 1 saturated heterocycles. The van der Waals surface area contributed by atoms with Crippen molar-refractivity contribution in [1.82, 2.24) is 10.2 Å². The summed E-state index contributed by atoms with van der Waals surface area (Å²) >= 11 is 0. The Morgan fingerprint density at radius 2 is 2.26 bits per heavy atom. The molecule has 0 aromatic heterocycles. The molecule has 1 aromatic carbocycles. The van der Waals surface area contributed by atoms with E-state index >= 15 is 0 Å². The lowest BCUT2D eigenvalue weighted by atomic mass is 10.0. The van der Waals surface area contributed by atoms with Crippen molar-refractivity contribution in [2.45, 2.75) is 32.2 Å². The zero-order valence-corrected chi connectivity index (χ0v) is 11.6. The minimum absolute atomic E-state index is 0.0234. The standard InChI is InChI=1S/C15H22N2O2/c1-11-6-7-12(9-14(11)18)15(19)17-8-4-3-5-13(17)10-16-2/h6-7,9,13,16,18H,3-5,8,10H2,1-2H3. The monoisotopic (exact) mass is 262 g/mol. The Morgan fingerprint density at radius 1 is 1.47 bits per heavy atom. The largest absolute Gasteiger partial charge is 0.508 e. The summed E-state index contributed by atoms with van der Waals surface area (Å²) in [6.07, 6.45) is 3.28. The van der Waals surface area contributed by atoms with Gasteiger partial charge in [0.1, 0.15) is 5.75 Å². The fraction of sp³-hybridized carbons (Fsp3) is 0.533. The van der Waals surface area contributed by atoms with Crippen molar-refractivity contribution in [3.63, 3.8) is 0 Å². The molecule has 1 amide bonds. The second-order valence-electron chi connectivity index (χ2n) is 5.21. The molecule has 1 unspecified atom stereocenters. The van der Waals surface area contributed by atoms with Gasteiger partial charge in [0.2, 0.25) is 0 Å². The fourth-order valence-electron chi connectivity index (χ4n) is 2.62. The Labute approximate surface area is 114 Å². The second-order valence-corrected chi connectivity index (χ2v) is 5.21. The number of carbonyl (C=O) groups is 1. The van der Waals surface area contributed by atoms with Crippen LogP contribution >= 0.6 is 0 Å². The van der Waals surface area contributed by atoms with Crippen molar-refractivity contribution >= 4 is 5.91 Å². The Balaban J connectivity index is 2.18. The average Bonchev–Trinajstić information content (AvgIpc) is 2.42. The molecule has 4 nitrogen and oxygen atoms in total. The molecule has 0 bridgehead atoms. The summed E-state index contributed by atoms with van der Waals surface area (Å²) in [4.78, 5) is 14.5. The maximum Gasteiger partial charge on any atom is 0.254 e. The van der Waals surface area contributed by atoms with Gasteiger partial charge in [-0.1, -0.05) is 6.07 Å². The maximum atomic E-state index is 12.5.